The first-order valence-electron chi connectivity index (χ1n) is 6.85. The van der Waals surface area contributed by atoms with Crippen molar-refractivity contribution in [3.05, 3.63) is 59.2 Å². The molecule has 0 N–H and O–H groups in total. The highest BCUT2D eigenvalue weighted by Gasteiger charge is 2.08. The van der Waals surface area contributed by atoms with Gasteiger partial charge in [0, 0.05) is 11.6 Å². The maximum Gasteiger partial charge on any atom is 0.150 e. The van der Waals surface area contributed by atoms with Crippen molar-refractivity contribution in [3.63, 3.8) is 0 Å². The summed E-state index contributed by atoms with van der Waals surface area (Å²) in [6, 6.07) is 14.9. The second kappa shape index (κ2) is 6.02. The number of nitrogens with zero attached hydrogens (tertiary/aromatic N) is 1. The monoisotopic (exact) mass is 267 g/mol. The summed E-state index contributed by atoms with van der Waals surface area (Å²) in [5.41, 5.74) is 5.53. The molecule has 0 aliphatic carbocycles. The molecule has 0 saturated carbocycles. The van der Waals surface area contributed by atoms with Gasteiger partial charge in [-0.15, -0.1) is 0 Å². The minimum absolute atomic E-state index is 0.405. The van der Waals surface area contributed by atoms with Crippen molar-refractivity contribution in [1.82, 2.24) is 4.90 Å². The van der Waals surface area contributed by atoms with E-state index < -0.39 is 0 Å². The van der Waals surface area contributed by atoms with Gasteiger partial charge in [0.15, 0.2) is 0 Å². The summed E-state index contributed by atoms with van der Waals surface area (Å²) < 4.78 is 0. The molecule has 0 heterocycles. The Labute approximate surface area is 121 Å². The van der Waals surface area contributed by atoms with Crippen LogP contribution < -0.4 is 0 Å². The summed E-state index contributed by atoms with van der Waals surface area (Å²) in [4.78, 5) is 13.0. The van der Waals surface area contributed by atoms with Crippen LogP contribution in [0.2, 0.25) is 0 Å². The lowest BCUT2D eigenvalue weighted by Crippen LogP contribution is -2.16. The Kier molecular flexibility index (Phi) is 4.35. The number of carbonyl (C=O) groups is 1. The lowest BCUT2D eigenvalue weighted by molar-refractivity contribution is 0.112. The zero-order chi connectivity index (χ0) is 14.7. The molecule has 1 atom stereocenters. The van der Waals surface area contributed by atoms with E-state index in [0.717, 1.165) is 17.4 Å². The van der Waals surface area contributed by atoms with Gasteiger partial charge in [0.25, 0.3) is 0 Å². The van der Waals surface area contributed by atoms with Crippen LogP contribution in [-0.2, 0) is 0 Å². The van der Waals surface area contributed by atoms with E-state index in [4.69, 9.17) is 0 Å². The van der Waals surface area contributed by atoms with Crippen LogP contribution in [-0.4, -0.2) is 25.3 Å². The zero-order valence-corrected chi connectivity index (χ0v) is 12.6. The number of benzene rings is 2. The third kappa shape index (κ3) is 2.97. The van der Waals surface area contributed by atoms with Gasteiger partial charge in [0.05, 0.1) is 0 Å². The quantitative estimate of drug-likeness (QED) is 0.777. The molecule has 0 bridgehead atoms. The molecule has 0 spiro atoms. The zero-order valence-electron chi connectivity index (χ0n) is 12.6. The highest BCUT2D eigenvalue weighted by Crippen LogP contribution is 2.26. The van der Waals surface area contributed by atoms with Crippen molar-refractivity contribution in [2.24, 2.45) is 0 Å². The van der Waals surface area contributed by atoms with E-state index in [0.29, 0.717) is 6.04 Å². The third-order valence-electron chi connectivity index (χ3n) is 3.87. The summed E-state index contributed by atoms with van der Waals surface area (Å²) in [5.74, 6) is 0. The molecule has 0 radical (unpaired) electrons. The fourth-order valence-corrected chi connectivity index (χ4v) is 2.32. The maximum absolute atomic E-state index is 10.8. The van der Waals surface area contributed by atoms with Gasteiger partial charge in [-0.25, -0.2) is 0 Å². The minimum Gasteiger partial charge on any atom is -0.303 e. The summed E-state index contributed by atoms with van der Waals surface area (Å²) in [5, 5.41) is 0. The first kappa shape index (κ1) is 14.5. The first-order valence-corrected chi connectivity index (χ1v) is 6.85. The molecule has 2 heteroatoms. The second-order valence-corrected chi connectivity index (χ2v) is 5.45. The van der Waals surface area contributed by atoms with E-state index in [2.05, 4.69) is 50.2 Å². The lowest BCUT2D eigenvalue weighted by Gasteiger charge is -2.20. The van der Waals surface area contributed by atoms with Crippen LogP contribution in [0, 0.1) is 6.92 Å². The molecule has 1 unspecified atom stereocenters. The van der Waals surface area contributed by atoms with E-state index in [9.17, 15) is 4.79 Å². The smallest absolute Gasteiger partial charge is 0.150 e. The summed E-state index contributed by atoms with van der Waals surface area (Å²) in [6.07, 6.45) is 0.888. The van der Waals surface area contributed by atoms with Crippen molar-refractivity contribution in [2.75, 3.05) is 14.1 Å². The molecule has 0 saturated heterocycles. The van der Waals surface area contributed by atoms with Crippen molar-refractivity contribution in [1.29, 1.82) is 0 Å². The molecule has 0 amide bonds. The van der Waals surface area contributed by atoms with Crippen molar-refractivity contribution >= 4 is 6.29 Å². The van der Waals surface area contributed by atoms with Crippen molar-refractivity contribution in [2.45, 2.75) is 19.9 Å². The highest BCUT2D eigenvalue weighted by atomic mass is 16.1. The van der Waals surface area contributed by atoms with Gasteiger partial charge >= 0.3 is 0 Å². The van der Waals surface area contributed by atoms with E-state index in [1.807, 2.05) is 25.1 Å². The number of hydrogen-bond donors (Lipinski definition) is 0. The van der Waals surface area contributed by atoms with Crippen molar-refractivity contribution in [3.8, 4) is 11.1 Å². The number of rotatable bonds is 4. The molecule has 2 rings (SSSR count). The Morgan fingerprint density at radius 1 is 1.05 bits per heavy atom. The van der Waals surface area contributed by atoms with Gasteiger partial charge in [-0.2, -0.15) is 0 Å². The average molecular weight is 267 g/mol. The summed E-state index contributed by atoms with van der Waals surface area (Å²) >= 11 is 0. The summed E-state index contributed by atoms with van der Waals surface area (Å²) in [6.45, 7) is 4.23. The maximum atomic E-state index is 10.8. The van der Waals surface area contributed by atoms with Gasteiger partial charge in [0.2, 0.25) is 0 Å². The number of carbonyl (C=O) groups excluding carboxylic acids is 1. The van der Waals surface area contributed by atoms with E-state index in [1.165, 1.54) is 16.7 Å². The van der Waals surface area contributed by atoms with Crippen LogP contribution in [0.15, 0.2) is 42.5 Å². The number of aryl methyl sites for hydroxylation is 1. The van der Waals surface area contributed by atoms with Crippen LogP contribution in [0.5, 0.6) is 0 Å². The molecule has 20 heavy (non-hydrogen) atoms. The standard InChI is InChI=1S/C18H21NO/c1-13-11-15(12-20)5-10-18(13)17-8-6-16(7-9-17)14(2)19(3)4/h5-12,14H,1-4H3. The molecule has 2 aromatic rings. The fraction of sp³-hybridized carbons (Fsp3) is 0.278. The number of aldehydes is 1. The third-order valence-corrected chi connectivity index (χ3v) is 3.87. The van der Waals surface area contributed by atoms with Crippen LogP contribution in [0.1, 0.15) is 34.5 Å². The van der Waals surface area contributed by atoms with Crippen LogP contribution in [0.25, 0.3) is 11.1 Å². The van der Waals surface area contributed by atoms with Crippen molar-refractivity contribution < 1.29 is 4.79 Å². The van der Waals surface area contributed by atoms with Crippen LogP contribution in [0.4, 0.5) is 0 Å². The average Bonchev–Trinajstić information content (AvgIpc) is 2.46. The number of hydrogen-bond acceptors (Lipinski definition) is 2. The Bertz CT molecular complexity index is 599. The molecule has 0 fully saturated rings. The second-order valence-electron chi connectivity index (χ2n) is 5.45. The Morgan fingerprint density at radius 3 is 2.20 bits per heavy atom. The summed E-state index contributed by atoms with van der Waals surface area (Å²) in [7, 11) is 4.17. The van der Waals surface area contributed by atoms with E-state index in [-0.39, 0.29) is 0 Å². The fourth-order valence-electron chi connectivity index (χ4n) is 2.32. The van der Waals surface area contributed by atoms with Crippen LogP contribution >= 0.6 is 0 Å². The van der Waals surface area contributed by atoms with Gasteiger partial charge in [-0.05, 0) is 56.3 Å². The Morgan fingerprint density at radius 2 is 1.70 bits per heavy atom. The minimum atomic E-state index is 0.405. The molecule has 2 nitrogen and oxygen atoms in total. The molecular weight excluding hydrogens is 246 g/mol. The SMILES string of the molecule is Cc1cc(C=O)ccc1-c1ccc(C(C)N(C)C)cc1. The molecule has 0 aromatic heterocycles. The Balaban J connectivity index is 2.33. The predicted octanol–water partition coefficient (Wildman–Crippen LogP) is 4.10. The highest BCUT2D eigenvalue weighted by molar-refractivity contribution is 5.78. The molecule has 104 valence electrons. The molecule has 0 aliphatic rings. The first-order chi connectivity index (χ1) is 9.52. The van der Waals surface area contributed by atoms with Gasteiger partial charge in [0.1, 0.15) is 6.29 Å². The largest absolute Gasteiger partial charge is 0.303 e. The molecule has 2 aromatic carbocycles. The normalized spacial score (nSPS) is 12.4. The topological polar surface area (TPSA) is 20.3 Å². The van der Waals surface area contributed by atoms with Crippen LogP contribution in [0.3, 0.4) is 0 Å². The predicted molar refractivity (Wildman–Crippen MR) is 84.1 cm³/mol. The van der Waals surface area contributed by atoms with E-state index >= 15 is 0 Å². The molecular formula is C18H21NO. The Hall–Kier alpha value is -1.93. The molecule has 0 aliphatic heterocycles. The van der Waals surface area contributed by atoms with E-state index in [1.54, 1.807) is 0 Å². The van der Waals surface area contributed by atoms with Gasteiger partial charge < -0.3 is 4.90 Å². The van der Waals surface area contributed by atoms with Gasteiger partial charge in [-0.1, -0.05) is 36.4 Å². The lowest BCUT2D eigenvalue weighted by atomic mass is 9.96. The van der Waals surface area contributed by atoms with Gasteiger partial charge in [-0.3, -0.25) is 4.79 Å².